The third-order valence-corrected chi connectivity index (χ3v) is 8.89. The van der Waals surface area contributed by atoms with Gasteiger partial charge < -0.3 is 5.32 Å². The molecule has 0 radical (unpaired) electrons. The van der Waals surface area contributed by atoms with E-state index in [-0.39, 0.29) is 40.9 Å². The van der Waals surface area contributed by atoms with Gasteiger partial charge in [-0.2, -0.15) is 17.5 Å². The molecule has 3 atom stereocenters. The van der Waals surface area contributed by atoms with Crippen molar-refractivity contribution in [2.45, 2.75) is 36.5 Å². The molecule has 2 heterocycles. The Morgan fingerprint density at radius 3 is 2.29 bits per heavy atom. The number of nitrogens with one attached hydrogen (secondary N) is 1. The Balaban J connectivity index is 1.34. The van der Waals surface area contributed by atoms with E-state index in [0.29, 0.717) is 12.0 Å². The normalized spacial score (nSPS) is 21.6. The molecule has 1 N–H and O–H groups in total. The minimum atomic E-state index is -4.70. The molecule has 7 nitrogen and oxygen atoms in total. The molecule has 1 saturated carbocycles. The van der Waals surface area contributed by atoms with E-state index in [1.807, 2.05) is 0 Å². The summed E-state index contributed by atoms with van der Waals surface area (Å²) in [6.07, 6.45) is -1.32. The number of rotatable bonds is 6. The van der Waals surface area contributed by atoms with Gasteiger partial charge >= 0.3 is 6.18 Å². The smallest absolute Gasteiger partial charge is 0.351 e. The van der Waals surface area contributed by atoms with Crippen LogP contribution in [0.15, 0.2) is 59.8 Å². The Hall–Kier alpha value is -3.45. The molecule has 1 aliphatic carbocycles. The summed E-state index contributed by atoms with van der Waals surface area (Å²) in [7, 11) is -4.09. The van der Waals surface area contributed by atoms with Gasteiger partial charge in [-0.1, -0.05) is 6.07 Å². The summed E-state index contributed by atoms with van der Waals surface area (Å²) in [4.78, 5) is 19.7. The zero-order valence-corrected chi connectivity index (χ0v) is 20.4. The quantitative estimate of drug-likeness (QED) is 0.464. The monoisotopic (exact) mass is 552 g/mol. The largest absolute Gasteiger partial charge is 0.451 e. The zero-order valence-electron chi connectivity index (χ0n) is 19.6. The molecule has 3 unspecified atom stereocenters. The number of benzene rings is 2. The van der Waals surface area contributed by atoms with Crippen LogP contribution in [0.3, 0.4) is 0 Å². The third-order valence-electron chi connectivity index (χ3n) is 7.03. The number of aromatic nitrogens is 2. The molecule has 1 saturated heterocycles. The van der Waals surface area contributed by atoms with Gasteiger partial charge in [0.25, 0.3) is 0 Å². The van der Waals surface area contributed by atoms with Crippen LogP contribution in [0.5, 0.6) is 0 Å². The Morgan fingerprint density at radius 2 is 1.68 bits per heavy atom. The van der Waals surface area contributed by atoms with Crippen molar-refractivity contribution in [3.63, 3.8) is 0 Å². The second kappa shape index (κ2) is 9.70. The lowest BCUT2D eigenvalue weighted by atomic mass is 9.73. The second-order valence-electron chi connectivity index (χ2n) is 9.29. The minimum absolute atomic E-state index is 0.0145. The standard InChI is InChI=1S/C25H21F5N4O3S/c26-18-3-5-19(6-4-18)38(36,37)34-13-15-1-7-20(15)22(34)23(35)31-10-16-9-14(2-8-21(16)27)17-11-32-24(33-12-17)25(28,29)30/h2-6,8-9,11-12,15,20,22H,1,7,10,13H2,(H,31,35). The van der Waals surface area contributed by atoms with Crippen LogP contribution in [0.4, 0.5) is 22.0 Å². The van der Waals surface area contributed by atoms with E-state index in [2.05, 4.69) is 15.3 Å². The first-order valence-corrected chi connectivity index (χ1v) is 13.1. The summed E-state index contributed by atoms with van der Waals surface area (Å²) in [5, 5.41) is 2.61. The van der Waals surface area contributed by atoms with Gasteiger partial charge in [0, 0.05) is 36.6 Å². The van der Waals surface area contributed by atoms with E-state index in [9.17, 15) is 35.2 Å². The highest BCUT2D eigenvalue weighted by Gasteiger charge is 2.54. The van der Waals surface area contributed by atoms with Gasteiger partial charge in [0.2, 0.25) is 21.8 Å². The van der Waals surface area contributed by atoms with Gasteiger partial charge in [-0.05, 0) is 66.6 Å². The van der Waals surface area contributed by atoms with Crippen LogP contribution in [0, 0.1) is 23.5 Å². The first-order valence-electron chi connectivity index (χ1n) is 11.7. The molecule has 3 aromatic rings. The topological polar surface area (TPSA) is 92.3 Å². The lowest BCUT2D eigenvalue weighted by Gasteiger charge is -2.32. The second-order valence-corrected chi connectivity index (χ2v) is 11.2. The number of amides is 1. The van der Waals surface area contributed by atoms with Crippen molar-refractivity contribution in [1.82, 2.24) is 19.6 Å². The number of alkyl halides is 3. The highest BCUT2D eigenvalue weighted by atomic mass is 32.2. The highest BCUT2D eigenvalue weighted by Crippen LogP contribution is 2.46. The number of sulfonamides is 1. The molecule has 1 aliphatic heterocycles. The van der Waals surface area contributed by atoms with Crippen molar-refractivity contribution in [3.05, 3.63) is 77.9 Å². The summed E-state index contributed by atoms with van der Waals surface area (Å²) in [5.74, 6) is -3.32. The van der Waals surface area contributed by atoms with Crippen molar-refractivity contribution in [2.75, 3.05) is 6.54 Å². The molecule has 0 bridgehead atoms. The fourth-order valence-electron chi connectivity index (χ4n) is 4.91. The van der Waals surface area contributed by atoms with E-state index < -0.39 is 45.6 Å². The maximum atomic E-state index is 14.5. The van der Waals surface area contributed by atoms with Crippen molar-refractivity contribution < 1.29 is 35.2 Å². The molecule has 38 heavy (non-hydrogen) atoms. The summed E-state index contributed by atoms with van der Waals surface area (Å²) in [5.41, 5.74) is 0.604. The van der Waals surface area contributed by atoms with E-state index >= 15 is 0 Å². The average Bonchev–Trinajstić information content (AvgIpc) is 3.13. The summed E-state index contributed by atoms with van der Waals surface area (Å²) in [6.45, 7) is -0.126. The Kier molecular flexibility index (Phi) is 6.68. The van der Waals surface area contributed by atoms with Crippen LogP contribution >= 0.6 is 0 Å². The lowest BCUT2D eigenvalue weighted by molar-refractivity contribution is -0.145. The van der Waals surface area contributed by atoms with Gasteiger partial charge in [0.05, 0.1) is 4.90 Å². The number of carbonyl (C=O) groups is 1. The van der Waals surface area contributed by atoms with E-state index in [0.717, 1.165) is 53.5 Å². The molecule has 13 heteroatoms. The molecule has 5 rings (SSSR count). The van der Waals surface area contributed by atoms with Crippen LogP contribution in [0.25, 0.3) is 11.1 Å². The number of fused-ring (bicyclic) bond motifs is 1. The SMILES string of the molecule is O=C(NCc1cc(-c2cnc(C(F)(F)F)nc2)ccc1F)C1C2CCC2CN1S(=O)(=O)c1ccc(F)cc1. The number of nitrogens with zero attached hydrogens (tertiary/aromatic N) is 3. The number of hydrogen-bond donors (Lipinski definition) is 1. The molecule has 0 spiro atoms. The maximum Gasteiger partial charge on any atom is 0.451 e. The van der Waals surface area contributed by atoms with E-state index in [4.69, 9.17) is 0 Å². The Morgan fingerprint density at radius 1 is 1.00 bits per heavy atom. The molecule has 1 amide bonds. The summed E-state index contributed by atoms with van der Waals surface area (Å²) in [6, 6.07) is 7.16. The van der Waals surface area contributed by atoms with Gasteiger partial charge in [-0.15, -0.1) is 0 Å². The van der Waals surface area contributed by atoms with E-state index in [1.54, 1.807) is 0 Å². The fourth-order valence-corrected chi connectivity index (χ4v) is 6.60. The predicted octanol–water partition coefficient (Wildman–Crippen LogP) is 4.16. The summed E-state index contributed by atoms with van der Waals surface area (Å²) < 4.78 is 93.8. The average molecular weight is 553 g/mol. The van der Waals surface area contributed by atoms with Gasteiger partial charge in [-0.3, -0.25) is 4.79 Å². The lowest BCUT2D eigenvalue weighted by Crippen LogP contribution is -2.49. The van der Waals surface area contributed by atoms with Gasteiger partial charge in [0.15, 0.2) is 0 Å². The van der Waals surface area contributed by atoms with Crippen molar-refractivity contribution in [3.8, 4) is 11.1 Å². The predicted molar refractivity (Wildman–Crippen MR) is 125 cm³/mol. The first-order chi connectivity index (χ1) is 17.9. The van der Waals surface area contributed by atoms with Crippen LogP contribution < -0.4 is 5.32 Å². The molecular weight excluding hydrogens is 531 g/mol. The minimum Gasteiger partial charge on any atom is -0.351 e. The highest BCUT2D eigenvalue weighted by molar-refractivity contribution is 7.89. The molecular formula is C25H21F5N4O3S. The van der Waals surface area contributed by atoms with Crippen molar-refractivity contribution >= 4 is 15.9 Å². The van der Waals surface area contributed by atoms with Crippen molar-refractivity contribution in [2.24, 2.45) is 11.8 Å². The zero-order chi connectivity index (χ0) is 27.2. The van der Waals surface area contributed by atoms with Crippen LogP contribution in [0.1, 0.15) is 24.2 Å². The van der Waals surface area contributed by atoms with Crippen molar-refractivity contribution in [1.29, 1.82) is 0 Å². The Bertz CT molecular complexity index is 1460. The summed E-state index contributed by atoms with van der Waals surface area (Å²) >= 11 is 0. The molecule has 2 aliphatic rings. The van der Waals surface area contributed by atoms with Gasteiger partial charge in [-0.25, -0.2) is 27.2 Å². The van der Waals surface area contributed by atoms with Crippen LogP contribution in [-0.2, 0) is 27.5 Å². The van der Waals surface area contributed by atoms with E-state index in [1.165, 1.54) is 12.1 Å². The van der Waals surface area contributed by atoms with Crippen LogP contribution in [0.2, 0.25) is 0 Å². The molecule has 200 valence electrons. The number of halogens is 5. The fraction of sp³-hybridized carbons (Fsp3) is 0.320. The number of hydrogen-bond acceptors (Lipinski definition) is 5. The van der Waals surface area contributed by atoms with Crippen LogP contribution in [-0.4, -0.2) is 41.2 Å². The first kappa shape index (κ1) is 26.2. The molecule has 2 aromatic carbocycles. The number of carbonyl (C=O) groups excluding carboxylic acids is 1. The molecule has 1 aromatic heterocycles. The molecule has 2 fully saturated rings. The van der Waals surface area contributed by atoms with Gasteiger partial charge in [0.1, 0.15) is 17.7 Å². The maximum absolute atomic E-state index is 14.5. The Labute approximate surface area is 214 Å². The third kappa shape index (κ3) is 4.87.